The molecule has 1 aromatic carbocycles. The first-order valence-corrected chi connectivity index (χ1v) is 9.97. The summed E-state index contributed by atoms with van der Waals surface area (Å²) in [6.07, 6.45) is 2.97. The number of hydrogen-bond acceptors (Lipinski definition) is 5. The lowest BCUT2D eigenvalue weighted by atomic mass is 9.92. The molecule has 7 nitrogen and oxygen atoms in total. The molecule has 2 N–H and O–H groups in total. The molecule has 0 radical (unpaired) electrons. The third kappa shape index (κ3) is 3.80. The van der Waals surface area contributed by atoms with E-state index < -0.39 is 5.60 Å². The summed E-state index contributed by atoms with van der Waals surface area (Å²) < 4.78 is 7.32. The Hall–Kier alpha value is -2.64. The number of hydrogen-bond donors (Lipinski definition) is 2. The van der Waals surface area contributed by atoms with Gasteiger partial charge in [0.25, 0.3) is 0 Å². The van der Waals surface area contributed by atoms with Gasteiger partial charge < -0.3 is 9.84 Å². The number of fused-ring (bicyclic) bond motifs is 1. The molecular formula is C21H23ClN4O3. The molecule has 2 heterocycles. The van der Waals surface area contributed by atoms with Crippen LogP contribution in [0.4, 0.5) is 5.95 Å². The maximum Gasteiger partial charge on any atom is 0.229 e. The number of nitrogens with zero attached hydrogens (tertiary/aromatic N) is 3. The number of halogens is 1. The normalized spacial score (nSPS) is 16.3. The Morgan fingerprint density at radius 2 is 2.07 bits per heavy atom. The number of anilines is 1. The molecule has 1 aliphatic rings. The standard InChI is InChI=1S/C21H23ClN4O3/c1-21(28,13-7-4-3-5-8-13)12-17(27)24-20-25-18-15(29-2)11-16(22)23-19(18)26(20)14-9-6-10-14/h3-5,7-8,11,14,28H,6,9-10,12H2,1-2H3,(H,24,25,27). The first-order chi connectivity index (χ1) is 13.9. The van der Waals surface area contributed by atoms with E-state index in [1.807, 2.05) is 22.8 Å². The summed E-state index contributed by atoms with van der Waals surface area (Å²) in [6.45, 7) is 1.63. The summed E-state index contributed by atoms with van der Waals surface area (Å²) in [7, 11) is 1.54. The van der Waals surface area contributed by atoms with Crippen LogP contribution in [0.3, 0.4) is 0 Å². The molecule has 8 heteroatoms. The molecule has 0 saturated heterocycles. The number of imidazole rings is 1. The average molecular weight is 415 g/mol. The molecule has 1 atom stereocenters. The highest BCUT2D eigenvalue weighted by molar-refractivity contribution is 6.30. The van der Waals surface area contributed by atoms with Gasteiger partial charge in [0.05, 0.1) is 19.1 Å². The van der Waals surface area contributed by atoms with Gasteiger partial charge in [0.1, 0.15) is 5.15 Å². The molecule has 0 bridgehead atoms. The topological polar surface area (TPSA) is 89.3 Å². The second-order valence-electron chi connectivity index (χ2n) is 7.57. The number of carbonyl (C=O) groups excluding carboxylic acids is 1. The molecule has 0 aliphatic heterocycles. The zero-order chi connectivity index (χ0) is 20.6. The first-order valence-electron chi connectivity index (χ1n) is 9.59. The van der Waals surface area contributed by atoms with Crippen LogP contribution in [-0.4, -0.2) is 32.7 Å². The molecule has 0 spiro atoms. The summed E-state index contributed by atoms with van der Waals surface area (Å²) in [6, 6.07) is 10.9. The van der Waals surface area contributed by atoms with Crippen LogP contribution >= 0.6 is 11.6 Å². The molecule has 29 heavy (non-hydrogen) atoms. The molecule has 152 valence electrons. The first kappa shape index (κ1) is 19.7. The number of amides is 1. The van der Waals surface area contributed by atoms with Crippen molar-refractivity contribution < 1.29 is 14.6 Å². The maximum absolute atomic E-state index is 12.8. The van der Waals surface area contributed by atoms with Gasteiger partial charge in [-0.1, -0.05) is 41.9 Å². The monoisotopic (exact) mass is 414 g/mol. The maximum atomic E-state index is 12.8. The van der Waals surface area contributed by atoms with Crippen molar-refractivity contribution in [1.29, 1.82) is 0 Å². The number of nitrogens with one attached hydrogen (secondary N) is 1. The van der Waals surface area contributed by atoms with Crippen LogP contribution in [0.25, 0.3) is 11.2 Å². The lowest BCUT2D eigenvalue weighted by Gasteiger charge is -2.29. The summed E-state index contributed by atoms with van der Waals surface area (Å²) in [5.41, 5.74) is 0.522. The quantitative estimate of drug-likeness (QED) is 0.594. The van der Waals surface area contributed by atoms with E-state index in [0.29, 0.717) is 33.6 Å². The van der Waals surface area contributed by atoms with Gasteiger partial charge in [-0.3, -0.25) is 14.7 Å². The minimum absolute atomic E-state index is 0.101. The van der Waals surface area contributed by atoms with E-state index in [1.165, 1.54) is 0 Å². The second kappa shape index (κ2) is 7.65. The zero-order valence-electron chi connectivity index (χ0n) is 16.4. The Morgan fingerprint density at radius 1 is 1.34 bits per heavy atom. The molecule has 3 aromatic rings. The predicted molar refractivity (Wildman–Crippen MR) is 111 cm³/mol. The van der Waals surface area contributed by atoms with Crippen molar-refractivity contribution in [3.8, 4) is 5.75 Å². The zero-order valence-corrected chi connectivity index (χ0v) is 17.1. The van der Waals surface area contributed by atoms with Crippen LogP contribution in [0.1, 0.15) is 44.2 Å². The van der Waals surface area contributed by atoms with Gasteiger partial charge in [-0.2, -0.15) is 0 Å². The number of aliphatic hydroxyl groups is 1. The molecule has 1 fully saturated rings. The van der Waals surface area contributed by atoms with Crippen molar-refractivity contribution >= 4 is 34.6 Å². The van der Waals surface area contributed by atoms with Crippen molar-refractivity contribution in [2.24, 2.45) is 0 Å². The van der Waals surface area contributed by atoms with Gasteiger partial charge in [0, 0.05) is 12.1 Å². The van der Waals surface area contributed by atoms with E-state index in [9.17, 15) is 9.90 Å². The van der Waals surface area contributed by atoms with Gasteiger partial charge in [-0.05, 0) is 31.7 Å². The number of benzene rings is 1. The Morgan fingerprint density at radius 3 is 2.69 bits per heavy atom. The van der Waals surface area contributed by atoms with Gasteiger partial charge in [-0.25, -0.2) is 9.97 Å². The Bertz CT molecular complexity index is 1050. The highest BCUT2D eigenvalue weighted by Crippen LogP contribution is 2.39. The van der Waals surface area contributed by atoms with E-state index in [2.05, 4.69) is 15.3 Å². The third-order valence-electron chi connectivity index (χ3n) is 5.39. The summed E-state index contributed by atoms with van der Waals surface area (Å²) in [4.78, 5) is 21.8. The number of methoxy groups -OCH3 is 1. The minimum Gasteiger partial charge on any atom is -0.494 e. The third-order valence-corrected chi connectivity index (χ3v) is 5.59. The highest BCUT2D eigenvalue weighted by Gasteiger charge is 2.30. The number of ether oxygens (including phenoxy) is 1. The van der Waals surface area contributed by atoms with Crippen LogP contribution in [0.5, 0.6) is 5.75 Å². The smallest absolute Gasteiger partial charge is 0.229 e. The van der Waals surface area contributed by atoms with E-state index in [-0.39, 0.29) is 18.4 Å². The predicted octanol–water partition coefficient (Wildman–Crippen LogP) is 4.05. The summed E-state index contributed by atoms with van der Waals surface area (Å²) in [5, 5.41) is 14.0. The number of aromatic nitrogens is 3. The number of pyridine rings is 1. The minimum atomic E-state index is -1.29. The Balaban J connectivity index is 1.66. The van der Waals surface area contributed by atoms with E-state index in [4.69, 9.17) is 16.3 Å². The molecular weight excluding hydrogens is 392 g/mol. The summed E-state index contributed by atoms with van der Waals surface area (Å²) in [5.74, 6) is 0.566. The van der Waals surface area contributed by atoms with Crippen LogP contribution in [0, 0.1) is 0 Å². The highest BCUT2D eigenvalue weighted by atomic mass is 35.5. The Labute approximate surface area is 173 Å². The molecule has 1 unspecified atom stereocenters. The number of carbonyl (C=O) groups is 1. The average Bonchev–Trinajstić information content (AvgIpc) is 2.97. The van der Waals surface area contributed by atoms with Gasteiger partial charge in [0.15, 0.2) is 16.9 Å². The fourth-order valence-electron chi connectivity index (χ4n) is 3.62. The lowest BCUT2D eigenvalue weighted by Crippen LogP contribution is -2.30. The van der Waals surface area contributed by atoms with Crippen molar-refractivity contribution in [1.82, 2.24) is 14.5 Å². The second-order valence-corrected chi connectivity index (χ2v) is 7.96. The van der Waals surface area contributed by atoms with Gasteiger partial charge >= 0.3 is 0 Å². The van der Waals surface area contributed by atoms with Crippen molar-refractivity contribution in [2.45, 2.75) is 44.2 Å². The van der Waals surface area contributed by atoms with Crippen LogP contribution in [0.15, 0.2) is 36.4 Å². The fourth-order valence-corrected chi connectivity index (χ4v) is 3.80. The summed E-state index contributed by atoms with van der Waals surface area (Å²) >= 11 is 6.16. The SMILES string of the molecule is COc1cc(Cl)nc2c1nc(NC(=O)CC(C)(O)c1ccccc1)n2C1CCC1. The van der Waals surface area contributed by atoms with Crippen molar-refractivity contribution in [3.05, 3.63) is 47.1 Å². The van der Waals surface area contributed by atoms with Crippen LogP contribution in [-0.2, 0) is 10.4 Å². The lowest BCUT2D eigenvalue weighted by molar-refractivity contribution is -0.120. The van der Waals surface area contributed by atoms with E-state index >= 15 is 0 Å². The van der Waals surface area contributed by atoms with Gasteiger partial charge in [0.2, 0.25) is 11.9 Å². The molecule has 4 rings (SSSR count). The van der Waals surface area contributed by atoms with E-state index in [1.54, 1.807) is 32.2 Å². The molecule has 1 aliphatic carbocycles. The van der Waals surface area contributed by atoms with Crippen LogP contribution < -0.4 is 10.1 Å². The van der Waals surface area contributed by atoms with Gasteiger partial charge in [-0.15, -0.1) is 0 Å². The molecule has 1 amide bonds. The molecule has 2 aromatic heterocycles. The van der Waals surface area contributed by atoms with E-state index in [0.717, 1.165) is 19.3 Å². The number of rotatable bonds is 6. The largest absolute Gasteiger partial charge is 0.494 e. The van der Waals surface area contributed by atoms with Crippen molar-refractivity contribution in [3.63, 3.8) is 0 Å². The van der Waals surface area contributed by atoms with Crippen molar-refractivity contribution in [2.75, 3.05) is 12.4 Å². The molecule has 1 saturated carbocycles. The fraction of sp³-hybridized carbons (Fsp3) is 0.381. The van der Waals surface area contributed by atoms with Crippen LogP contribution in [0.2, 0.25) is 5.15 Å². The Kier molecular flexibility index (Phi) is 5.19.